The number of halogens is 3. The largest absolute Gasteiger partial charge is 0.469 e. The predicted octanol–water partition coefficient (Wildman–Crippen LogP) is 2.15. The second-order valence-corrected chi connectivity index (χ2v) is 6.84. The summed E-state index contributed by atoms with van der Waals surface area (Å²) in [7, 11) is -2.14. The van der Waals surface area contributed by atoms with Crippen LogP contribution in [-0.2, 0) is 25.7 Å². The molecule has 1 rings (SSSR count). The Labute approximate surface area is 137 Å². The maximum atomic E-state index is 13.1. The number of nitriles is 1. The van der Waals surface area contributed by atoms with Crippen LogP contribution in [0.2, 0.25) is 0 Å². The molecule has 0 aliphatic rings. The number of alkyl halides is 3. The Morgan fingerprint density at radius 2 is 2.00 bits per heavy atom. The van der Waals surface area contributed by atoms with Gasteiger partial charge in [0.1, 0.15) is 0 Å². The normalized spacial score (nSPS) is 12.0. The number of nitrogens with zero attached hydrogens (tertiary/aromatic N) is 2. The molecule has 0 saturated heterocycles. The van der Waals surface area contributed by atoms with Crippen LogP contribution in [0, 0.1) is 11.3 Å². The fourth-order valence-electron chi connectivity index (χ4n) is 1.88. The summed E-state index contributed by atoms with van der Waals surface area (Å²) in [6.45, 7) is -0.158. The van der Waals surface area contributed by atoms with Crippen molar-refractivity contribution < 1.29 is 31.1 Å². The van der Waals surface area contributed by atoms with E-state index in [-0.39, 0.29) is 24.9 Å². The fourth-order valence-corrected chi connectivity index (χ4v) is 3.28. The maximum absolute atomic E-state index is 13.1. The van der Waals surface area contributed by atoms with Gasteiger partial charge in [0, 0.05) is 20.0 Å². The van der Waals surface area contributed by atoms with Gasteiger partial charge in [-0.3, -0.25) is 4.79 Å². The van der Waals surface area contributed by atoms with E-state index in [1.165, 1.54) is 7.11 Å². The van der Waals surface area contributed by atoms with Crippen LogP contribution < -0.4 is 0 Å². The third kappa shape index (κ3) is 4.69. The Morgan fingerprint density at radius 3 is 2.50 bits per heavy atom. The monoisotopic (exact) mass is 364 g/mol. The molecule has 0 N–H and O–H groups in total. The third-order valence-electron chi connectivity index (χ3n) is 3.18. The van der Waals surface area contributed by atoms with Crippen molar-refractivity contribution in [2.24, 2.45) is 0 Å². The summed E-state index contributed by atoms with van der Waals surface area (Å²) in [6.07, 6.45) is -4.89. The van der Waals surface area contributed by atoms with Gasteiger partial charge in [0.15, 0.2) is 0 Å². The number of carbonyl (C=O) groups is 1. The highest BCUT2D eigenvalue weighted by molar-refractivity contribution is 7.89. The first-order valence-electron chi connectivity index (χ1n) is 6.68. The second-order valence-electron chi connectivity index (χ2n) is 4.83. The number of carbonyl (C=O) groups excluding carboxylic acids is 1. The van der Waals surface area contributed by atoms with E-state index >= 15 is 0 Å². The van der Waals surface area contributed by atoms with Crippen molar-refractivity contribution in [1.82, 2.24) is 4.31 Å². The highest BCUT2D eigenvalue weighted by Crippen LogP contribution is 2.35. The number of esters is 1. The van der Waals surface area contributed by atoms with Crippen LogP contribution in [0.4, 0.5) is 13.2 Å². The molecule has 0 fully saturated rings. The first kappa shape index (κ1) is 19.9. The second kappa shape index (κ2) is 7.63. The lowest BCUT2D eigenvalue weighted by Crippen LogP contribution is -2.30. The third-order valence-corrected chi connectivity index (χ3v) is 5.10. The topological polar surface area (TPSA) is 87.5 Å². The summed E-state index contributed by atoms with van der Waals surface area (Å²) in [6, 6.07) is 3.80. The van der Waals surface area contributed by atoms with Crippen LogP contribution in [0.1, 0.15) is 24.0 Å². The van der Waals surface area contributed by atoms with E-state index < -0.39 is 32.6 Å². The molecule has 10 heteroatoms. The van der Waals surface area contributed by atoms with Crippen molar-refractivity contribution in [3.05, 3.63) is 29.3 Å². The summed E-state index contributed by atoms with van der Waals surface area (Å²) >= 11 is 0. The predicted molar refractivity (Wildman–Crippen MR) is 77.2 cm³/mol. The standard InChI is InChI=1S/C14H15F3N2O4S/c1-19(7-3-4-13(20)23-2)24(21,22)12-6-5-10(9-18)8-11(12)14(15,16)17/h5-6,8H,3-4,7H2,1-2H3. The molecule has 1 aromatic rings. The zero-order valence-corrected chi connectivity index (χ0v) is 13.7. The summed E-state index contributed by atoms with van der Waals surface area (Å²) in [5, 5.41) is 8.70. The Kier molecular flexibility index (Phi) is 6.34. The van der Waals surface area contributed by atoms with Gasteiger partial charge in [-0.2, -0.15) is 18.4 Å². The molecule has 0 amide bonds. The molecule has 0 heterocycles. The van der Waals surface area contributed by atoms with Gasteiger partial charge in [-0.05, 0) is 24.6 Å². The Bertz CT molecular complexity index is 754. The molecule has 6 nitrogen and oxygen atoms in total. The summed E-state index contributed by atoms with van der Waals surface area (Å²) < 4.78 is 69.2. The van der Waals surface area contributed by atoms with Crippen LogP contribution >= 0.6 is 0 Å². The number of rotatable bonds is 6. The maximum Gasteiger partial charge on any atom is 0.417 e. The van der Waals surface area contributed by atoms with E-state index in [9.17, 15) is 26.4 Å². The van der Waals surface area contributed by atoms with Gasteiger partial charge in [0.05, 0.1) is 29.2 Å². The molecule has 0 radical (unpaired) electrons. The lowest BCUT2D eigenvalue weighted by Gasteiger charge is -2.20. The molecular formula is C14H15F3N2O4S. The van der Waals surface area contributed by atoms with Gasteiger partial charge in [-0.1, -0.05) is 0 Å². The van der Waals surface area contributed by atoms with Gasteiger partial charge in [0.25, 0.3) is 0 Å². The minimum absolute atomic E-state index is 0.0597. The molecule has 132 valence electrons. The van der Waals surface area contributed by atoms with E-state index in [2.05, 4.69) is 4.74 Å². The molecule has 0 aromatic heterocycles. The molecule has 0 unspecified atom stereocenters. The van der Waals surface area contributed by atoms with Crippen molar-refractivity contribution in [1.29, 1.82) is 5.26 Å². The summed E-state index contributed by atoms with van der Waals surface area (Å²) in [4.78, 5) is 10.1. The van der Waals surface area contributed by atoms with E-state index in [4.69, 9.17) is 5.26 Å². The van der Waals surface area contributed by atoms with Crippen LogP contribution in [0.5, 0.6) is 0 Å². The Balaban J connectivity index is 3.14. The molecule has 0 bridgehead atoms. The van der Waals surface area contributed by atoms with Gasteiger partial charge >= 0.3 is 12.1 Å². The number of benzene rings is 1. The Hall–Kier alpha value is -2.12. The quantitative estimate of drug-likeness (QED) is 0.722. The number of hydrogen-bond acceptors (Lipinski definition) is 5. The van der Waals surface area contributed by atoms with E-state index in [1.54, 1.807) is 6.07 Å². The molecule has 1 aromatic carbocycles. The first-order valence-corrected chi connectivity index (χ1v) is 8.12. The smallest absolute Gasteiger partial charge is 0.417 e. The minimum atomic E-state index is -4.93. The average molecular weight is 364 g/mol. The first-order chi connectivity index (χ1) is 11.0. The van der Waals surface area contributed by atoms with Crippen molar-refractivity contribution in [3.8, 4) is 6.07 Å². The van der Waals surface area contributed by atoms with Crippen molar-refractivity contribution in [2.45, 2.75) is 23.9 Å². The van der Waals surface area contributed by atoms with Crippen LogP contribution in [-0.4, -0.2) is 39.4 Å². The molecule has 0 spiro atoms. The highest BCUT2D eigenvalue weighted by Gasteiger charge is 2.38. The van der Waals surface area contributed by atoms with Crippen molar-refractivity contribution in [2.75, 3.05) is 20.7 Å². The lowest BCUT2D eigenvalue weighted by atomic mass is 10.1. The van der Waals surface area contributed by atoms with Crippen molar-refractivity contribution in [3.63, 3.8) is 0 Å². The molecular weight excluding hydrogens is 349 g/mol. The van der Waals surface area contributed by atoms with E-state index in [0.717, 1.165) is 23.5 Å². The van der Waals surface area contributed by atoms with Crippen molar-refractivity contribution >= 4 is 16.0 Å². The van der Waals surface area contributed by atoms with Gasteiger partial charge in [0.2, 0.25) is 10.0 Å². The fraction of sp³-hybridized carbons (Fsp3) is 0.429. The van der Waals surface area contributed by atoms with Gasteiger partial charge in [-0.15, -0.1) is 0 Å². The van der Waals surface area contributed by atoms with E-state index in [0.29, 0.717) is 6.07 Å². The molecule has 0 atom stereocenters. The van der Waals surface area contributed by atoms with Gasteiger partial charge in [-0.25, -0.2) is 12.7 Å². The number of methoxy groups -OCH3 is 1. The molecule has 0 saturated carbocycles. The van der Waals surface area contributed by atoms with E-state index in [1.807, 2.05) is 0 Å². The number of hydrogen-bond donors (Lipinski definition) is 0. The lowest BCUT2D eigenvalue weighted by molar-refractivity contribution is -0.141. The zero-order valence-electron chi connectivity index (χ0n) is 12.9. The molecule has 24 heavy (non-hydrogen) atoms. The SMILES string of the molecule is COC(=O)CCCN(C)S(=O)(=O)c1ccc(C#N)cc1C(F)(F)F. The summed E-state index contributed by atoms with van der Waals surface area (Å²) in [5.74, 6) is -0.546. The molecule has 0 aliphatic carbocycles. The highest BCUT2D eigenvalue weighted by atomic mass is 32.2. The number of ether oxygens (including phenoxy) is 1. The Morgan fingerprint density at radius 1 is 1.38 bits per heavy atom. The molecule has 0 aliphatic heterocycles. The number of sulfonamides is 1. The van der Waals surface area contributed by atoms with Crippen LogP contribution in [0.25, 0.3) is 0 Å². The van der Waals surface area contributed by atoms with Gasteiger partial charge < -0.3 is 4.74 Å². The minimum Gasteiger partial charge on any atom is -0.469 e. The van der Waals surface area contributed by atoms with Crippen LogP contribution in [0.3, 0.4) is 0 Å². The summed E-state index contributed by atoms with van der Waals surface area (Å²) in [5.41, 5.74) is -1.70. The van der Waals surface area contributed by atoms with Crippen LogP contribution in [0.15, 0.2) is 23.1 Å². The zero-order chi connectivity index (χ0) is 18.5. The average Bonchev–Trinajstić information content (AvgIpc) is 2.52.